The van der Waals surface area contributed by atoms with Gasteiger partial charge in [0.25, 0.3) is 5.69 Å². The van der Waals surface area contributed by atoms with Gasteiger partial charge in [0, 0.05) is 30.1 Å². The highest BCUT2D eigenvalue weighted by atomic mass is 35.5. The lowest BCUT2D eigenvalue weighted by Crippen LogP contribution is -2.22. The van der Waals surface area contributed by atoms with Gasteiger partial charge in [0.05, 0.1) is 11.0 Å². The highest BCUT2D eigenvalue weighted by molar-refractivity contribution is 6.31. The Hall–Kier alpha value is -1.99. The van der Waals surface area contributed by atoms with Gasteiger partial charge in [-0.1, -0.05) is 18.5 Å². The van der Waals surface area contributed by atoms with Gasteiger partial charge in [-0.05, 0) is 25.6 Å². The normalized spacial score (nSPS) is 12.6. The summed E-state index contributed by atoms with van der Waals surface area (Å²) < 4.78 is 5.54. The molecule has 118 valence electrons. The van der Waals surface area contributed by atoms with Gasteiger partial charge in [-0.25, -0.2) is 0 Å². The van der Waals surface area contributed by atoms with Crippen LogP contribution >= 0.6 is 11.6 Å². The monoisotopic (exact) mass is 324 g/mol. The Balaban J connectivity index is 2.15. The number of aromatic nitrogens is 2. The van der Waals surface area contributed by atoms with Crippen LogP contribution in [0.2, 0.25) is 5.02 Å². The van der Waals surface area contributed by atoms with Gasteiger partial charge in [-0.15, -0.1) is 10.2 Å². The van der Waals surface area contributed by atoms with Crippen LogP contribution in [0, 0.1) is 10.1 Å². The summed E-state index contributed by atoms with van der Waals surface area (Å²) in [4.78, 5) is 12.4. The topological polar surface area (TPSA) is 85.3 Å². The van der Waals surface area contributed by atoms with E-state index < -0.39 is 4.92 Å². The van der Waals surface area contributed by atoms with Gasteiger partial charge >= 0.3 is 0 Å². The summed E-state index contributed by atoms with van der Waals surface area (Å²) in [7, 11) is 1.87. The van der Waals surface area contributed by atoms with E-state index in [1.807, 2.05) is 25.8 Å². The molecule has 0 unspecified atom stereocenters. The smallest absolute Gasteiger partial charge is 0.269 e. The number of benzene rings is 1. The molecule has 0 aliphatic carbocycles. The second-order valence-corrected chi connectivity index (χ2v) is 5.42. The Labute approximate surface area is 133 Å². The van der Waals surface area contributed by atoms with E-state index in [9.17, 15) is 10.1 Å². The minimum absolute atomic E-state index is 0.0199. The molecular formula is C14H17ClN4O3. The highest BCUT2D eigenvalue weighted by Crippen LogP contribution is 2.26. The van der Waals surface area contributed by atoms with Crippen molar-refractivity contribution in [3.8, 4) is 0 Å². The number of non-ortho nitro benzene ring substituents is 1. The maximum atomic E-state index is 10.9. The summed E-state index contributed by atoms with van der Waals surface area (Å²) in [6, 6.07) is 4.29. The van der Waals surface area contributed by atoms with Crippen molar-refractivity contribution in [1.82, 2.24) is 15.1 Å². The molecule has 0 bridgehead atoms. The second kappa shape index (κ2) is 6.85. The number of nitrogens with zero attached hydrogens (tertiary/aromatic N) is 4. The zero-order valence-electron chi connectivity index (χ0n) is 12.6. The van der Waals surface area contributed by atoms with E-state index in [0.29, 0.717) is 35.3 Å². The molecule has 2 rings (SSSR count). The van der Waals surface area contributed by atoms with Crippen LogP contribution in [0.5, 0.6) is 0 Å². The predicted molar refractivity (Wildman–Crippen MR) is 81.7 cm³/mol. The molecule has 0 saturated carbocycles. The van der Waals surface area contributed by atoms with Crippen molar-refractivity contribution in [3.05, 3.63) is 50.7 Å². The number of hydrogen-bond donors (Lipinski definition) is 0. The molecule has 1 heterocycles. The molecule has 22 heavy (non-hydrogen) atoms. The summed E-state index contributed by atoms with van der Waals surface area (Å²) in [6.45, 7) is 4.30. The van der Waals surface area contributed by atoms with Crippen LogP contribution in [0.1, 0.15) is 37.2 Å². The first-order valence-corrected chi connectivity index (χ1v) is 7.25. The van der Waals surface area contributed by atoms with Crippen molar-refractivity contribution in [1.29, 1.82) is 0 Å². The van der Waals surface area contributed by atoms with Crippen LogP contribution in [0.3, 0.4) is 0 Å². The average Bonchev–Trinajstić information content (AvgIpc) is 2.97. The Morgan fingerprint density at radius 3 is 2.77 bits per heavy atom. The molecule has 0 saturated heterocycles. The molecule has 8 heteroatoms. The van der Waals surface area contributed by atoms with Gasteiger partial charge < -0.3 is 4.42 Å². The molecule has 0 spiro atoms. The summed E-state index contributed by atoms with van der Waals surface area (Å²) in [5.74, 6) is 1.10. The fourth-order valence-corrected chi connectivity index (χ4v) is 2.15. The second-order valence-electron chi connectivity index (χ2n) is 5.01. The quantitative estimate of drug-likeness (QED) is 0.598. The third-order valence-corrected chi connectivity index (χ3v) is 3.83. The fraction of sp³-hybridized carbons (Fsp3) is 0.429. The van der Waals surface area contributed by atoms with Crippen LogP contribution in [0.4, 0.5) is 5.69 Å². The van der Waals surface area contributed by atoms with E-state index in [1.54, 1.807) is 0 Å². The number of rotatable bonds is 6. The molecule has 1 atom stereocenters. The van der Waals surface area contributed by atoms with E-state index in [0.717, 1.165) is 0 Å². The van der Waals surface area contributed by atoms with Gasteiger partial charge in [0.15, 0.2) is 0 Å². The molecule has 0 aliphatic heterocycles. The average molecular weight is 325 g/mol. The van der Waals surface area contributed by atoms with E-state index in [2.05, 4.69) is 10.2 Å². The molecule has 1 aromatic carbocycles. The zero-order valence-corrected chi connectivity index (χ0v) is 13.4. The lowest BCUT2D eigenvalue weighted by Gasteiger charge is -2.22. The summed E-state index contributed by atoms with van der Waals surface area (Å²) in [6.07, 6.45) is 0.681. The Morgan fingerprint density at radius 2 is 2.18 bits per heavy atom. The molecule has 0 fully saturated rings. The summed E-state index contributed by atoms with van der Waals surface area (Å²) in [5.41, 5.74) is 0.701. The van der Waals surface area contributed by atoms with Gasteiger partial charge in [-0.3, -0.25) is 15.0 Å². The Bertz CT molecular complexity index is 674. The minimum Gasteiger partial charge on any atom is -0.424 e. The number of aryl methyl sites for hydroxylation is 1. The first-order chi connectivity index (χ1) is 10.4. The number of hydrogen-bond acceptors (Lipinski definition) is 6. The summed E-state index contributed by atoms with van der Waals surface area (Å²) in [5, 5.41) is 19.3. The number of nitro benzene ring substituents is 1. The molecule has 2 aromatic rings. The van der Waals surface area contributed by atoms with Crippen molar-refractivity contribution in [2.75, 3.05) is 7.05 Å². The largest absolute Gasteiger partial charge is 0.424 e. The Kier molecular flexibility index (Phi) is 5.10. The van der Waals surface area contributed by atoms with Crippen molar-refractivity contribution in [2.24, 2.45) is 0 Å². The van der Waals surface area contributed by atoms with Crippen LogP contribution in [-0.4, -0.2) is 27.1 Å². The standard InChI is InChI=1S/C14H17ClN4O3/c1-4-13-16-17-14(22-13)9(2)18(3)8-10-7-11(19(20)21)5-6-12(10)15/h5-7,9H,4,8H2,1-3H3/t9-/m1/s1. The van der Waals surface area contributed by atoms with Crippen LogP contribution in [0.25, 0.3) is 0 Å². The highest BCUT2D eigenvalue weighted by Gasteiger charge is 2.20. The maximum Gasteiger partial charge on any atom is 0.269 e. The van der Waals surface area contributed by atoms with E-state index >= 15 is 0 Å². The molecule has 0 amide bonds. The molecule has 0 N–H and O–H groups in total. The third-order valence-electron chi connectivity index (χ3n) is 3.46. The van der Waals surface area contributed by atoms with Crippen molar-refractivity contribution in [2.45, 2.75) is 32.9 Å². The SMILES string of the molecule is CCc1nnc([C@@H](C)N(C)Cc2cc([N+](=O)[O-])ccc2Cl)o1. The fourth-order valence-electron chi connectivity index (χ4n) is 1.97. The molecule has 0 radical (unpaired) electrons. The van der Waals surface area contributed by atoms with Gasteiger partial charge in [0.2, 0.25) is 11.8 Å². The minimum atomic E-state index is -0.436. The number of halogens is 1. The number of nitro groups is 1. The van der Waals surface area contributed by atoms with Gasteiger partial charge in [0.1, 0.15) is 0 Å². The lowest BCUT2D eigenvalue weighted by atomic mass is 10.1. The van der Waals surface area contributed by atoms with Crippen LogP contribution in [-0.2, 0) is 13.0 Å². The zero-order chi connectivity index (χ0) is 16.3. The van der Waals surface area contributed by atoms with E-state index in [4.69, 9.17) is 16.0 Å². The first-order valence-electron chi connectivity index (χ1n) is 6.87. The summed E-state index contributed by atoms with van der Waals surface area (Å²) >= 11 is 6.12. The molecule has 0 aliphatic rings. The van der Waals surface area contributed by atoms with Crippen molar-refractivity contribution >= 4 is 17.3 Å². The van der Waals surface area contributed by atoms with Gasteiger partial charge in [-0.2, -0.15) is 0 Å². The van der Waals surface area contributed by atoms with Crippen molar-refractivity contribution < 1.29 is 9.34 Å². The predicted octanol–water partition coefficient (Wildman–Crippen LogP) is 3.39. The Morgan fingerprint density at radius 1 is 1.45 bits per heavy atom. The molecule has 7 nitrogen and oxygen atoms in total. The van der Waals surface area contributed by atoms with E-state index in [-0.39, 0.29) is 11.7 Å². The maximum absolute atomic E-state index is 10.9. The van der Waals surface area contributed by atoms with Crippen LogP contribution in [0.15, 0.2) is 22.6 Å². The van der Waals surface area contributed by atoms with E-state index in [1.165, 1.54) is 18.2 Å². The first kappa shape index (κ1) is 16.4. The molecule has 1 aromatic heterocycles. The third kappa shape index (κ3) is 3.61. The van der Waals surface area contributed by atoms with Crippen molar-refractivity contribution in [3.63, 3.8) is 0 Å². The molecular weight excluding hydrogens is 308 g/mol. The van der Waals surface area contributed by atoms with Crippen LogP contribution < -0.4 is 0 Å². The lowest BCUT2D eigenvalue weighted by molar-refractivity contribution is -0.384.